The van der Waals surface area contributed by atoms with Crippen molar-refractivity contribution in [2.24, 2.45) is 0 Å². The summed E-state index contributed by atoms with van der Waals surface area (Å²) in [5.41, 5.74) is 8.21. The molecule has 3 aromatic rings. The summed E-state index contributed by atoms with van der Waals surface area (Å²) < 4.78 is 0. The summed E-state index contributed by atoms with van der Waals surface area (Å²) in [6.45, 7) is 4.33. The number of likely N-dealkylation sites (N-methyl/N-ethyl adjacent to an activating group) is 1. The van der Waals surface area contributed by atoms with Crippen LogP contribution >= 0.6 is 0 Å². The van der Waals surface area contributed by atoms with Crippen molar-refractivity contribution in [2.75, 3.05) is 31.6 Å². The van der Waals surface area contributed by atoms with E-state index in [1.165, 1.54) is 27.8 Å². The van der Waals surface area contributed by atoms with E-state index in [0.29, 0.717) is 12.4 Å². The summed E-state index contributed by atoms with van der Waals surface area (Å²) in [5.74, 6) is 1.64. The van der Waals surface area contributed by atoms with Gasteiger partial charge in [-0.25, -0.2) is 0 Å². The van der Waals surface area contributed by atoms with E-state index in [2.05, 4.69) is 72.5 Å². The first-order chi connectivity index (χ1) is 15.5. The molecule has 3 heterocycles. The van der Waals surface area contributed by atoms with Crippen molar-refractivity contribution < 1.29 is 5.11 Å². The van der Waals surface area contributed by atoms with E-state index >= 15 is 0 Å². The first-order valence-electron chi connectivity index (χ1n) is 11.3. The number of amidine groups is 1. The monoisotopic (exact) mass is 426 g/mol. The van der Waals surface area contributed by atoms with Crippen LogP contribution in [0.25, 0.3) is 22.8 Å². The maximum absolute atomic E-state index is 10.0. The van der Waals surface area contributed by atoms with Crippen LogP contribution in [0.15, 0.2) is 54.7 Å². The number of piperidine rings is 1. The lowest BCUT2D eigenvalue weighted by Gasteiger charge is -2.32. The number of aromatic nitrogens is 1. The van der Waals surface area contributed by atoms with Crippen molar-refractivity contribution in [3.63, 3.8) is 0 Å². The first-order valence-corrected chi connectivity index (χ1v) is 11.3. The lowest BCUT2D eigenvalue weighted by molar-refractivity contribution is 0.103. The van der Waals surface area contributed by atoms with Crippen molar-refractivity contribution in [3.05, 3.63) is 77.0 Å². The minimum atomic E-state index is -0.339. The fourth-order valence-electron chi connectivity index (χ4n) is 4.92. The number of rotatable bonds is 3. The van der Waals surface area contributed by atoms with Gasteiger partial charge in [0, 0.05) is 49.6 Å². The summed E-state index contributed by atoms with van der Waals surface area (Å²) in [5, 5.41) is 18.7. The van der Waals surface area contributed by atoms with Gasteiger partial charge in [-0.3, -0.25) is 5.41 Å². The van der Waals surface area contributed by atoms with Gasteiger partial charge < -0.3 is 19.9 Å². The van der Waals surface area contributed by atoms with Crippen LogP contribution in [0.2, 0.25) is 0 Å². The van der Waals surface area contributed by atoms with Crippen LogP contribution in [0.1, 0.15) is 35.1 Å². The van der Waals surface area contributed by atoms with Crippen molar-refractivity contribution in [3.8, 4) is 11.1 Å². The Morgan fingerprint density at radius 1 is 1.12 bits per heavy atom. The number of likely N-dealkylation sites (tertiary alicyclic amines) is 1. The molecule has 1 saturated heterocycles. The van der Waals surface area contributed by atoms with Gasteiger partial charge in [-0.05, 0) is 54.2 Å². The molecule has 32 heavy (non-hydrogen) atoms. The molecule has 2 aliphatic heterocycles. The lowest BCUT2D eigenvalue weighted by atomic mass is 9.93. The molecule has 5 rings (SSSR count). The predicted molar refractivity (Wildman–Crippen MR) is 132 cm³/mol. The zero-order valence-electron chi connectivity index (χ0n) is 18.7. The van der Waals surface area contributed by atoms with Crippen molar-refractivity contribution >= 4 is 23.3 Å². The maximum atomic E-state index is 10.0. The third-order valence-corrected chi connectivity index (χ3v) is 6.66. The van der Waals surface area contributed by atoms with Gasteiger partial charge in [0.05, 0.1) is 6.10 Å². The number of benzene rings is 2. The fourth-order valence-corrected chi connectivity index (χ4v) is 4.92. The van der Waals surface area contributed by atoms with Gasteiger partial charge in [0.15, 0.2) is 0 Å². The smallest absolute Gasteiger partial charge is 0.128 e. The van der Waals surface area contributed by atoms with Crippen LogP contribution in [0.5, 0.6) is 0 Å². The molecule has 2 aliphatic rings. The number of nitrogens with zero attached hydrogens (tertiary/aromatic N) is 2. The lowest BCUT2D eigenvalue weighted by Crippen LogP contribution is -2.42. The normalized spacial score (nSPS) is 18.3. The number of β-amino-alcohol motifs (C(OH)–C–C–N with tert-alkyl or cyclic N) is 1. The Labute approximate surface area is 189 Å². The molecule has 0 saturated carbocycles. The maximum Gasteiger partial charge on any atom is 0.128 e. The number of anilines is 1. The standard InChI is InChI=1S/C27H30N4O/c1-18-7-3-4-11-23(18)25-15-29-27-24(25)14-21(16-30(27)2)19-8-5-9-20(13-19)26(28)31-12-6-10-22(32)17-31/h3-5,7-9,11,13-15,22,28-29,32H,6,10,12,16-17H2,1-2H3. The number of fused-ring (bicyclic) bond motifs is 1. The number of aliphatic hydroxyl groups is 1. The Kier molecular flexibility index (Phi) is 5.35. The van der Waals surface area contributed by atoms with Gasteiger partial charge in [0.25, 0.3) is 0 Å². The SMILES string of the molecule is Cc1ccccc1-c1c[nH]c2c1C=C(c1cccc(C(=N)N3CCCC(O)C3)c1)CN2C. The molecule has 0 amide bonds. The quantitative estimate of drug-likeness (QED) is 0.418. The number of aliphatic hydroxyl groups excluding tert-OH is 1. The van der Waals surface area contributed by atoms with E-state index in [1.807, 2.05) is 17.0 Å². The molecule has 5 heteroatoms. The summed E-state index contributed by atoms with van der Waals surface area (Å²) in [4.78, 5) is 7.72. The molecule has 1 aromatic heterocycles. The molecule has 0 spiro atoms. The van der Waals surface area contributed by atoms with Crippen LogP contribution in [-0.4, -0.2) is 53.6 Å². The van der Waals surface area contributed by atoms with Gasteiger partial charge in [-0.15, -0.1) is 0 Å². The Morgan fingerprint density at radius 2 is 1.97 bits per heavy atom. The van der Waals surface area contributed by atoms with Gasteiger partial charge in [-0.2, -0.15) is 0 Å². The molecule has 0 radical (unpaired) electrons. The molecule has 5 nitrogen and oxygen atoms in total. The van der Waals surface area contributed by atoms with Gasteiger partial charge in [0.2, 0.25) is 0 Å². The van der Waals surface area contributed by atoms with E-state index in [-0.39, 0.29) is 6.10 Å². The Hall–Kier alpha value is -3.31. The highest BCUT2D eigenvalue weighted by Gasteiger charge is 2.23. The Bertz CT molecular complexity index is 1190. The van der Waals surface area contributed by atoms with E-state index in [0.717, 1.165) is 42.9 Å². The molecule has 1 unspecified atom stereocenters. The number of nitrogens with one attached hydrogen (secondary N) is 2. The second kappa shape index (κ2) is 8.32. The van der Waals surface area contributed by atoms with Crippen LogP contribution in [0, 0.1) is 12.3 Å². The van der Waals surface area contributed by atoms with Crippen molar-refractivity contribution in [1.29, 1.82) is 5.41 Å². The largest absolute Gasteiger partial charge is 0.391 e. The molecule has 0 bridgehead atoms. The molecule has 0 aliphatic carbocycles. The number of hydrogen-bond donors (Lipinski definition) is 3. The predicted octanol–water partition coefficient (Wildman–Crippen LogP) is 4.76. The third kappa shape index (κ3) is 3.73. The van der Waals surface area contributed by atoms with Gasteiger partial charge in [0.1, 0.15) is 11.7 Å². The van der Waals surface area contributed by atoms with Gasteiger partial charge >= 0.3 is 0 Å². The van der Waals surface area contributed by atoms with E-state index in [4.69, 9.17) is 5.41 Å². The Morgan fingerprint density at radius 3 is 2.78 bits per heavy atom. The minimum Gasteiger partial charge on any atom is -0.391 e. The van der Waals surface area contributed by atoms with Crippen LogP contribution in [0.4, 0.5) is 5.82 Å². The summed E-state index contributed by atoms with van der Waals surface area (Å²) >= 11 is 0. The van der Waals surface area contributed by atoms with E-state index in [1.54, 1.807) is 0 Å². The first kappa shape index (κ1) is 20.6. The average Bonchev–Trinajstić information content (AvgIpc) is 3.23. The topological polar surface area (TPSA) is 66.3 Å². The molecule has 1 atom stereocenters. The van der Waals surface area contributed by atoms with Gasteiger partial charge in [-0.1, -0.05) is 42.5 Å². The summed E-state index contributed by atoms with van der Waals surface area (Å²) in [6.07, 6.45) is 5.81. The number of H-pyrrole nitrogens is 1. The molecule has 3 N–H and O–H groups in total. The number of aromatic amines is 1. The van der Waals surface area contributed by atoms with Crippen LogP contribution in [-0.2, 0) is 0 Å². The molecule has 1 fully saturated rings. The minimum absolute atomic E-state index is 0.339. The zero-order valence-corrected chi connectivity index (χ0v) is 18.7. The number of aryl methyl sites for hydroxylation is 1. The summed E-state index contributed by atoms with van der Waals surface area (Å²) in [6, 6.07) is 16.8. The zero-order chi connectivity index (χ0) is 22.2. The van der Waals surface area contributed by atoms with Crippen molar-refractivity contribution in [1.82, 2.24) is 9.88 Å². The van der Waals surface area contributed by atoms with Crippen LogP contribution in [0.3, 0.4) is 0 Å². The molecule has 164 valence electrons. The van der Waals surface area contributed by atoms with E-state index in [9.17, 15) is 5.11 Å². The second-order valence-electron chi connectivity index (χ2n) is 8.98. The molecular weight excluding hydrogens is 396 g/mol. The van der Waals surface area contributed by atoms with Crippen molar-refractivity contribution in [2.45, 2.75) is 25.9 Å². The van der Waals surface area contributed by atoms with E-state index < -0.39 is 0 Å². The Balaban J connectivity index is 1.50. The highest BCUT2D eigenvalue weighted by atomic mass is 16.3. The number of hydrogen-bond acceptors (Lipinski definition) is 3. The summed E-state index contributed by atoms with van der Waals surface area (Å²) in [7, 11) is 2.12. The fraction of sp³-hybridized carbons (Fsp3) is 0.296. The molecule has 2 aromatic carbocycles. The van der Waals surface area contributed by atoms with Crippen LogP contribution < -0.4 is 4.90 Å². The second-order valence-corrected chi connectivity index (χ2v) is 8.98. The third-order valence-electron chi connectivity index (χ3n) is 6.66. The highest BCUT2D eigenvalue weighted by molar-refractivity contribution is 6.00. The average molecular weight is 427 g/mol. The highest BCUT2D eigenvalue weighted by Crippen LogP contribution is 2.39. The molecular formula is C27H30N4O.